The summed E-state index contributed by atoms with van der Waals surface area (Å²) in [6.07, 6.45) is -0.0127. The predicted octanol–water partition coefficient (Wildman–Crippen LogP) is 4.53. The first-order valence-electron chi connectivity index (χ1n) is 14.8. The second kappa shape index (κ2) is 12.3. The van der Waals surface area contributed by atoms with Crippen molar-refractivity contribution in [1.82, 2.24) is 5.32 Å². The maximum absolute atomic E-state index is 14.5. The molecule has 1 amide bonds. The number of hydrogen-bond acceptors (Lipinski definition) is 7. The molecule has 6 atom stereocenters. The lowest BCUT2D eigenvalue weighted by molar-refractivity contribution is -0.127. The highest BCUT2D eigenvalue weighted by atomic mass is 16.6. The standard InChI is InChI=1S/C35H40N2O6/c1-34(2,3)43-33(42)37-28(17-22-9-5-4-6-10-22)30(40)20-35(19-23-13-15-25(38)16-14-23)32(41)27(21-36-35)31-26-12-8-7-11-24(26)18-29(31)39/h4-16,21,27-31,38-40H,17-20H2,1-3H3,(H,37,42)/t27?,28-,29+,30-,31?,35-/m0/s1. The maximum atomic E-state index is 14.5. The summed E-state index contributed by atoms with van der Waals surface area (Å²) in [5.41, 5.74) is 1.55. The molecule has 3 aromatic carbocycles. The molecule has 1 aliphatic carbocycles. The number of carbonyl (C=O) groups is 2. The summed E-state index contributed by atoms with van der Waals surface area (Å²) >= 11 is 0. The fourth-order valence-corrected chi connectivity index (χ4v) is 6.37. The van der Waals surface area contributed by atoms with E-state index in [1.807, 2.05) is 54.6 Å². The van der Waals surface area contributed by atoms with Crippen LogP contribution >= 0.6 is 0 Å². The number of aliphatic hydroxyl groups is 2. The summed E-state index contributed by atoms with van der Waals surface area (Å²) in [4.78, 5) is 32.1. The molecule has 226 valence electrons. The van der Waals surface area contributed by atoms with Gasteiger partial charge in [0.25, 0.3) is 0 Å². The molecule has 2 aliphatic rings. The molecule has 0 spiro atoms. The van der Waals surface area contributed by atoms with Crippen molar-refractivity contribution in [3.05, 3.63) is 101 Å². The van der Waals surface area contributed by atoms with E-state index in [9.17, 15) is 24.9 Å². The van der Waals surface area contributed by atoms with Gasteiger partial charge >= 0.3 is 6.09 Å². The molecule has 0 radical (unpaired) electrons. The number of fused-ring (bicyclic) bond motifs is 1. The quantitative estimate of drug-likeness (QED) is 0.293. The summed E-state index contributed by atoms with van der Waals surface area (Å²) in [6, 6.07) is 23.1. The summed E-state index contributed by atoms with van der Waals surface area (Å²) in [5.74, 6) is -1.19. The number of benzene rings is 3. The summed E-state index contributed by atoms with van der Waals surface area (Å²) < 4.78 is 5.50. The Kier molecular flexibility index (Phi) is 8.71. The Morgan fingerprint density at radius 2 is 1.70 bits per heavy atom. The number of phenolic OH excluding ortho intramolecular Hbond substituents is 1. The van der Waals surface area contributed by atoms with E-state index in [4.69, 9.17) is 9.73 Å². The van der Waals surface area contributed by atoms with Gasteiger partial charge < -0.3 is 25.4 Å². The number of hydrogen-bond donors (Lipinski definition) is 4. The number of Topliss-reactive ketones (excluding diaryl/α,β-unsaturated/α-hetero) is 1. The second-order valence-electron chi connectivity index (χ2n) is 12.8. The van der Waals surface area contributed by atoms with Gasteiger partial charge in [-0.25, -0.2) is 4.79 Å². The molecule has 2 unspecified atom stereocenters. The molecular formula is C35H40N2O6. The third-order valence-electron chi connectivity index (χ3n) is 8.33. The predicted molar refractivity (Wildman–Crippen MR) is 164 cm³/mol. The Labute approximate surface area is 252 Å². The topological polar surface area (TPSA) is 128 Å². The number of aliphatic hydroxyl groups excluding tert-OH is 2. The van der Waals surface area contributed by atoms with Crippen LogP contribution in [-0.4, -0.2) is 62.8 Å². The largest absolute Gasteiger partial charge is 0.508 e. The first kappa shape index (κ1) is 30.4. The third-order valence-corrected chi connectivity index (χ3v) is 8.33. The average molecular weight is 585 g/mol. The molecule has 1 aliphatic heterocycles. The smallest absolute Gasteiger partial charge is 0.407 e. The molecule has 3 aromatic rings. The van der Waals surface area contributed by atoms with Crippen molar-refractivity contribution in [2.24, 2.45) is 10.9 Å². The lowest BCUT2D eigenvalue weighted by Gasteiger charge is -2.33. The van der Waals surface area contributed by atoms with Crippen LogP contribution in [0.25, 0.3) is 0 Å². The summed E-state index contributed by atoms with van der Waals surface area (Å²) in [7, 11) is 0. The molecule has 0 bridgehead atoms. The van der Waals surface area contributed by atoms with Crippen molar-refractivity contribution in [1.29, 1.82) is 0 Å². The van der Waals surface area contributed by atoms with Crippen LogP contribution in [0.3, 0.4) is 0 Å². The molecule has 4 N–H and O–H groups in total. The van der Waals surface area contributed by atoms with Crippen LogP contribution in [-0.2, 0) is 28.8 Å². The number of rotatable bonds is 9. The Morgan fingerprint density at radius 3 is 2.40 bits per heavy atom. The Bertz CT molecular complexity index is 1470. The molecule has 0 saturated carbocycles. The van der Waals surface area contributed by atoms with Gasteiger partial charge in [-0.15, -0.1) is 0 Å². The number of nitrogens with one attached hydrogen (secondary N) is 1. The Morgan fingerprint density at radius 1 is 1.02 bits per heavy atom. The van der Waals surface area contributed by atoms with Crippen molar-refractivity contribution in [3.8, 4) is 5.75 Å². The number of alkyl carbamates (subject to hydrolysis) is 1. The van der Waals surface area contributed by atoms with Crippen LogP contribution in [0.5, 0.6) is 5.75 Å². The van der Waals surface area contributed by atoms with E-state index in [1.54, 1.807) is 51.3 Å². The highest BCUT2D eigenvalue weighted by Crippen LogP contribution is 2.44. The lowest BCUT2D eigenvalue weighted by atomic mass is 9.74. The zero-order valence-electron chi connectivity index (χ0n) is 24.8. The number of nitrogens with zero attached hydrogens (tertiary/aromatic N) is 1. The third kappa shape index (κ3) is 6.98. The van der Waals surface area contributed by atoms with Gasteiger partial charge in [-0.2, -0.15) is 0 Å². The molecule has 43 heavy (non-hydrogen) atoms. The SMILES string of the molecule is CC(C)(C)OC(=O)N[C@@H](Cc1ccccc1)[C@@H](O)C[C@]1(Cc2ccc(O)cc2)N=CC(C2c3ccccc3C[C@H]2O)C1=O. The van der Waals surface area contributed by atoms with Gasteiger partial charge in [-0.3, -0.25) is 9.79 Å². The zero-order chi connectivity index (χ0) is 30.8. The normalized spacial score (nSPS) is 24.4. The van der Waals surface area contributed by atoms with Crippen LogP contribution in [0.4, 0.5) is 4.79 Å². The number of ether oxygens (including phenoxy) is 1. The minimum atomic E-state index is -1.34. The average Bonchev–Trinajstić information content (AvgIpc) is 3.44. The van der Waals surface area contributed by atoms with Gasteiger partial charge in [0.15, 0.2) is 5.78 Å². The van der Waals surface area contributed by atoms with Crippen molar-refractivity contribution < 1.29 is 29.6 Å². The van der Waals surface area contributed by atoms with E-state index in [0.29, 0.717) is 12.8 Å². The summed E-state index contributed by atoms with van der Waals surface area (Å²) in [6.45, 7) is 5.30. The first-order chi connectivity index (χ1) is 20.4. The minimum absolute atomic E-state index is 0.0581. The second-order valence-corrected chi connectivity index (χ2v) is 12.8. The van der Waals surface area contributed by atoms with E-state index in [0.717, 1.165) is 22.3 Å². The van der Waals surface area contributed by atoms with E-state index < -0.39 is 47.3 Å². The van der Waals surface area contributed by atoms with Crippen LogP contribution < -0.4 is 5.32 Å². The van der Waals surface area contributed by atoms with E-state index in [-0.39, 0.29) is 24.4 Å². The van der Waals surface area contributed by atoms with Crippen molar-refractivity contribution >= 4 is 18.1 Å². The fraction of sp³-hybridized carbons (Fsp3) is 0.400. The number of amides is 1. The van der Waals surface area contributed by atoms with Gasteiger partial charge in [-0.05, 0) is 68.0 Å². The highest BCUT2D eigenvalue weighted by molar-refractivity contribution is 6.07. The molecule has 8 heteroatoms. The molecule has 0 aromatic heterocycles. The number of carbonyl (C=O) groups excluding carboxylic acids is 2. The Balaban J connectivity index is 1.46. The van der Waals surface area contributed by atoms with Gasteiger partial charge in [0.05, 0.1) is 24.2 Å². The van der Waals surface area contributed by atoms with Crippen LogP contribution in [0, 0.1) is 5.92 Å². The van der Waals surface area contributed by atoms with Crippen molar-refractivity contribution in [2.45, 2.75) is 81.8 Å². The van der Waals surface area contributed by atoms with E-state index >= 15 is 0 Å². The minimum Gasteiger partial charge on any atom is -0.508 e. The first-order valence-corrected chi connectivity index (χ1v) is 14.8. The van der Waals surface area contributed by atoms with E-state index in [2.05, 4.69) is 5.32 Å². The van der Waals surface area contributed by atoms with Gasteiger partial charge in [0.2, 0.25) is 0 Å². The van der Waals surface area contributed by atoms with Gasteiger partial charge in [0.1, 0.15) is 16.9 Å². The molecule has 1 heterocycles. The van der Waals surface area contributed by atoms with Crippen LogP contribution in [0.2, 0.25) is 0 Å². The molecule has 0 saturated heterocycles. The maximum Gasteiger partial charge on any atom is 0.407 e. The molecule has 5 rings (SSSR count). The zero-order valence-corrected chi connectivity index (χ0v) is 24.8. The van der Waals surface area contributed by atoms with E-state index in [1.165, 1.54) is 0 Å². The van der Waals surface area contributed by atoms with Crippen molar-refractivity contribution in [2.75, 3.05) is 0 Å². The Hall–Kier alpha value is -4.01. The molecule has 8 nitrogen and oxygen atoms in total. The lowest BCUT2D eigenvalue weighted by Crippen LogP contribution is -2.51. The van der Waals surface area contributed by atoms with Gasteiger partial charge in [0, 0.05) is 25.0 Å². The monoisotopic (exact) mass is 584 g/mol. The van der Waals surface area contributed by atoms with Crippen molar-refractivity contribution in [3.63, 3.8) is 0 Å². The van der Waals surface area contributed by atoms with Gasteiger partial charge in [-0.1, -0.05) is 66.7 Å². The van der Waals surface area contributed by atoms with Crippen LogP contribution in [0.15, 0.2) is 83.9 Å². The number of aromatic hydroxyl groups is 1. The highest BCUT2D eigenvalue weighted by Gasteiger charge is 2.52. The summed E-state index contributed by atoms with van der Waals surface area (Å²) in [5, 5.41) is 35.5. The number of aliphatic imine (C=N–C) groups is 1. The number of phenols is 1. The molecule has 0 fully saturated rings. The fourth-order valence-electron chi connectivity index (χ4n) is 6.37. The number of ketones is 1. The van der Waals surface area contributed by atoms with Crippen LogP contribution in [0.1, 0.15) is 55.4 Å². The molecular weight excluding hydrogens is 544 g/mol.